The molecule has 1 aliphatic carbocycles. The van der Waals surface area contributed by atoms with E-state index in [2.05, 4.69) is 5.32 Å². The van der Waals surface area contributed by atoms with Crippen molar-refractivity contribution in [2.45, 2.75) is 30.1 Å². The van der Waals surface area contributed by atoms with Crippen LogP contribution in [0.5, 0.6) is 5.75 Å². The van der Waals surface area contributed by atoms with Crippen LogP contribution >= 0.6 is 11.6 Å². The van der Waals surface area contributed by atoms with E-state index in [1.54, 1.807) is 31.2 Å². The Morgan fingerprint density at radius 1 is 1.18 bits per heavy atom. The van der Waals surface area contributed by atoms with Crippen LogP contribution in [0.2, 0.25) is 5.02 Å². The predicted octanol–water partition coefficient (Wildman–Crippen LogP) is 3.66. The second-order valence-electron chi connectivity index (χ2n) is 6.93. The summed E-state index contributed by atoms with van der Waals surface area (Å²) in [5.41, 5.74) is 0.722. The number of ether oxygens (including phenoxy) is 1. The summed E-state index contributed by atoms with van der Waals surface area (Å²) in [6, 6.07) is 11.9. The molecule has 1 amide bonds. The van der Waals surface area contributed by atoms with Gasteiger partial charge in [-0.3, -0.25) is 4.79 Å². The highest BCUT2D eigenvalue weighted by atomic mass is 35.5. The van der Waals surface area contributed by atoms with Crippen molar-refractivity contribution in [2.75, 3.05) is 26.0 Å². The third kappa shape index (κ3) is 3.87. The van der Waals surface area contributed by atoms with Crippen molar-refractivity contribution in [1.29, 1.82) is 0 Å². The van der Waals surface area contributed by atoms with Gasteiger partial charge in [0, 0.05) is 24.8 Å². The summed E-state index contributed by atoms with van der Waals surface area (Å²) in [4.78, 5) is 13.0. The van der Waals surface area contributed by atoms with Crippen LogP contribution in [0.3, 0.4) is 0 Å². The van der Waals surface area contributed by atoms with Gasteiger partial charge in [0.2, 0.25) is 15.9 Å². The predicted molar refractivity (Wildman–Crippen MR) is 109 cm³/mol. The van der Waals surface area contributed by atoms with Crippen LogP contribution in [-0.2, 0) is 20.2 Å². The highest BCUT2D eigenvalue weighted by Crippen LogP contribution is 2.49. The molecule has 6 nitrogen and oxygen atoms in total. The normalized spacial score (nSPS) is 15.3. The average Bonchev–Trinajstić information content (AvgIpc) is 3.45. The van der Waals surface area contributed by atoms with Crippen LogP contribution in [0.4, 0.5) is 5.69 Å². The third-order valence-corrected chi connectivity index (χ3v) is 6.93. The summed E-state index contributed by atoms with van der Waals surface area (Å²) < 4.78 is 31.9. The quantitative estimate of drug-likeness (QED) is 0.738. The van der Waals surface area contributed by atoms with E-state index in [0.29, 0.717) is 17.3 Å². The minimum atomic E-state index is -3.72. The maximum Gasteiger partial charge on any atom is 0.246 e. The Morgan fingerprint density at radius 3 is 2.36 bits per heavy atom. The average molecular weight is 423 g/mol. The first-order chi connectivity index (χ1) is 13.2. The molecule has 1 fully saturated rings. The molecule has 0 atom stereocenters. The zero-order valence-electron chi connectivity index (χ0n) is 16.0. The Balaban J connectivity index is 1.90. The molecule has 1 N–H and O–H groups in total. The number of halogens is 1. The largest absolute Gasteiger partial charge is 0.492 e. The second-order valence-corrected chi connectivity index (χ2v) is 9.48. The van der Waals surface area contributed by atoms with Crippen molar-refractivity contribution in [3.63, 3.8) is 0 Å². The van der Waals surface area contributed by atoms with Gasteiger partial charge in [-0.1, -0.05) is 23.7 Å². The number of sulfonamides is 1. The number of nitrogens with zero attached hydrogens (tertiary/aromatic N) is 1. The number of hydrogen-bond acceptors (Lipinski definition) is 4. The van der Waals surface area contributed by atoms with Gasteiger partial charge in [0.05, 0.1) is 12.0 Å². The molecule has 150 valence electrons. The van der Waals surface area contributed by atoms with Gasteiger partial charge >= 0.3 is 0 Å². The Morgan fingerprint density at radius 2 is 1.82 bits per heavy atom. The molecule has 0 unspecified atom stereocenters. The molecule has 3 rings (SSSR count). The van der Waals surface area contributed by atoms with E-state index >= 15 is 0 Å². The minimum absolute atomic E-state index is 0.0217. The summed E-state index contributed by atoms with van der Waals surface area (Å²) in [7, 11) is -0.814. The smallest absolute Gasteiger partial charge is 0.246 e. The molecule has 0 bridgehead atoms. The summed E-state index contributed by atoms with van der Waals surface area (Å²) in [6.07, 6.45) is 1.47. The third-order valence-electron chi connectivity index (χ3n) is 4.84. The summed E-state index contributed by atoms with van der Waals surface area (Å²) in [5.74, 6) is 0.0974. The van der Waals surface area contributed by atoms with E-state index in [-0.39, 0.29) is 16.6 Å². The molecule has 0 aromatic heterocycles. The second kappa shape index (κ2) is 7.73. The highest BCUT2D eigenvalue weighted by molar-refractivity contribution is 7.89. The molecule has 0 aliphatic heterocycles. The summed E-state index contributed by atoms with van der Waals surface area (Å²) in [5, 5.41) is 3.48. The van der Waals surface area contributed by atoms with Crippen molar-refractivity contribution in [3.8, 4) is 5.75 Å². The van der Waals surface area contributed by atoms with E-state index in [1.807, 2.05) is 12.1 Å². The van der Waals surface area contributed by atoms with Crippen LogP contribution in [0.15, 0.2) is 47.4 Å². The van der Waals surface area contributed by atoms with Gasteiger partial charge < -0.3 is 10.1 Å². The Bertz CT molecular complexity index is 984. The Hall–Kier alpha value is -2.09. The van der Waals surface area contributed by atoms with Crippen molar-refractivity contribution in [2.24, 2.45) is 0 Å². The zero-order chi connectivity index (χ0) is 20.5. The maximum atomic E-state index is 13.0. The first-order valence-electron chi connectivity index (χ1n) is 8.97. The summed E-state index contributed by atoms with van der Waals surface area (Å²) >= 11 is 5.94. The number of carbonyl (C=O) groups excluding carboxylic acids is 1. The molecule has 0 radical (unpaired) electrons. The Labute approximate surface area is 170 Å². The van der Waals surface area contributed by atoms with Gasteiger partial charge in [-0.25, -0.2) is 12.7 Å². The van der Waals surface area contributed by atoms with E-state index in [9.17, 15) is 13.2 Å². The van der Waals surface area contributed by atoms with E-state index in [4.69, 9.17) is 16.3 Å². The number of amides is 1. The maximum absolute atomic E-state index is 13.0. The minimum Gasteiger partial charge on any atom is -0.492 e. The van der Waals surface area contributed by atoms with Crippen LogP contribution in [0.1, 0.15) is 25.3 Å². The number of anilines is 1. The standard InChI is InChI=1S/C20H23ClN2O4S/c1-4-27-17-10-9-16(13-18(17)28(25,26)23(2)3)22-19(24)20(11-12-20)14-5-7-15(21)8-6-14/h5-10,13H,4,11-12H2,1-3H3,(H,22,24). The number of hydrogen-bond donors (Lipinski definition) is 1. The lowest BCUT2D eigenvalue weighted by Crippen LogP contribution is -2.28. The fourth-order valence-electron chi connectivity index (χ4n) is 3.05. The highest BCUT2D eigenvalue weighted by Gasteiger charge is 2.51. The number of nitrogens with one attached hydrogen (secondary N) is 1. The van der Waals surface area contributed by atoms with Crippen LogP contribution in [0.25, 0.3) is 0 Å². The van der Waals surface area contributed by atoms with Crippen molar-refractivity contribution >= 4 is 33.2 Å². The van der Waals surface area contributed by atoms with Crippen LogP contribution in [0, 0.1) is 0 Å². The molecule has 8 heteroatoms. The van der Waals surface area contributed by atoms with Gasteiger partial charge in [0.15, 0.2) is 0 Å². The molecule has 1 saturated carbocycles. The van der Waals surface area contributed by atoms with Gasteiger partial charge in [-0.05, 0) is 55.7 Å². The molecular weight excluding hydrogens is 400 g/mol. The molecule has 2 aromatic rings. The number of carbonyl (C=O) groups is 1. The first-order valence-corrected chi connectivity index (χ1v) is 10.8. The molecule has 28 heavy (non-hydrogen) atoms. The van der Waals surface area contributed by atoms with Gasteiger partial charge in [0.25, 0.3) is 0 Å². The lowest BCUT2D eigenvalue weighted by Gasteiger charge is -2.19. The lowest BCUT2D eigenvalue weighted by atomic mass is 9.95. The zero-order valence-corrected chi connectivity index (χ0v) is 17.6. The number of rotatable bonds is 7. The molecule has 0 saturated heterocycles. The van der Waals surface area contributed by atoms with E-state index in [1.165, 1.54) is 20.2 Å². The van der Waals surface area contributed by atoms with E-state index < -0.39 is 15.4 Å². The lowest BCUT2D eigenvalue weighted by molar-refractivity contribution is -0.118. The summed E-state index contributed by atoms with van der Waals surface area (Å²) in [6.45, 7) is 2.12. The fourth-order valence-corrected chi connectivity index (χ4v) is 4.23. The van der Waals surface area contributed by atoms with Gasteiger partial charge in [-0.15, -0.1) is 0 Å². The Kier molecular flexibility index (Phi) is 5.70. The van der Waals surface area contributed by atoms with Crippen LogP contribution in [-0.4, -0.2) is 39.3 Å². The first kappa shape index (κ1) is 20.6. The molecule has 0 spiro atoms. The van der Waals surface area contributed by atoms with Crippen LogP contribution < -0.4 is 10.1 Å². The van der Waals surface area contributed by atoms with E-state index in [0.717, 1.165) is 22.7 Å². The van der Waals surface area contributed by atoms with Gasteiger partial charge in [-0.2, -0.15) is 0 Å². The monoisotopic (exact) mass is 422 g/mol. The topological polar surface area (TPSA) is 75.7 Å². The molecule has 1 aliphatic rings. The molecule has 0 heterocycles. The van der Waals surface area contributed by atoms with Crippen molar-refractivity contribution < 1.29 is 17.9 Å². The molecular formula is C20H23ClN2O4S. The molecule has 2 aromatic carbocycles. The van der Waals surface area contributed by atoms with Crippen molar-refractivity contribution in [1.82, 2.24) is 4.31 Å². The number of benzene rings is 2. The SMILES string of the molecule is CCOc1ccc(NC(=O)C2(c3ccc(Cl)cc3)CC2)cc1S(=O)(=O)N(C)C. The van der Waals surface area contributed by atoms with Crippen molar-refractivity contribution in [3.05, 3.63) is 53.1 Å². The van der Waals surface area contributed by atoms with Gasteiger partial charge in [0.1, 0.15) is 10.6 Å². The fraction of sp³-hybridized carbons (Fsp3) is 0.350.